The number of rotatable bonds is 3. The highest BCUT2D eigenvalue weighted by Gasteiger charge is 2.27. The van der Waals surface area contributed by atoms with Crippen molar-refractivity contribution in [1.29, 1.82) is 0 Å². The van der Waals surface area contributed by atoms with Crippen LogP contribution in [0.4, 0.5) is 0 Å². The molecule has 0 radical (unpaired) electrons. The highest BCUT2D eigenvalue weighted by Crippen LogP contribution is 2.20. The Hall–Kier alpha value is -0.455. The van der Waals surface area contributed by atoms with Crippen molar-refractivity contribution in [3.63, 3.8) is 0 Å². The van der Waals surface area contributed by atoms with Crippen molar-refractivity contribution in [1.82, 2.24) is 0 Å². The minimum Gasteiger partial charge on any atom is -0.416 e. The lowest BCUT2D eigenvalue weighted by molar-refractivity contribution is 0.0427. The highest BCUT2D eigenvalue weighted by molar-refractivity contribution is 6.52. The van der Waals surface area contributed by atoms with Gasteiger partial charge in [-0.15, -0.1) is 6.42 Å². The average molecular weight is 154 g/mol. The molecule has 0 aromatic carbocycles. The van der Waals surface area contributed by atoms with E-state index in [2.05, 4.69) is 5.82 Å². The molecule has 0 saturated heterocycles. The monoisotopic (exact) mass is 154 g/mol. The van der Waals surface area contributed by atoms with Crippen LogP contribution in [0.1, 0.15) is 27.7 Å². The molecule has 0 unspecified atom stereocenters. The molecule has 0 bridgehead atoms. The summed E-state index contributed by atoms with van der Waals surface area (Å²) in [6.45, 7) is 7.84. The third kappa shape index (κ3) is 3.45. The van der Waals surface area contributed by atoms with Crippen molar-refractivity contribution in [3.05, 3.63) is 0 Å². The minimum atomic E-state index is -1.09. The predicted molar refractivity (Wildman–Crippen MR) is 46.8 cm³/mol. The first-order chi connectivity index (χ1) is 4.90. The molecule has 0 saturated carbocycles. The number of hydrogen-bond acceptors (Lipinski definition) is 2. The van der Waals surface area contributed by atoms with Gasteiger partial charge in [0.05, 0.1) is 5.60 Å². The minimum absolute atomic E-state index is 0.325. The van der Waals surface area contributed by atoms with Crippen LogP contribution < -0.4 is 0 Å². The second-order valence-electron chi connectivity index (χ2n) is 3.40. The molecule has 0 aliphatic heterocycles. The fourth-order valence-corrected chi connectivity index (χ4v) is 0.458. The van der Waals surface area contributed by atoms with Crippen molar-refractivity contribution in [2.24, 2.45) is 5.92 Å². The zero-order chi connectivity index (χ0) is 9.07. The van der Waals surface area contributed by atoms with Crippen LogP contribution >= 0.6 is 0 Å². The van der Waals surface area contributed by atoms with E-state index >= 15 is 0 Å². The van der Waals surface area contributed by atoms with Crippen molar-refractivity contribution in [3.8, 4) is 12.2 Å². The second kappa shape index (κ2) is 3.80. The molecule has 0 aromatic rings. The number of hydrogen-bond donors (Lipinski definition) is 1. The van der Waals surface area contributed by atoms with Crippen molar-refractivity contribution >= 4 is 7.12 Å². The topological polar surface area (TPSA) is 29.5 Å². The van der Waals surface area contributed by atoms with Gasteiger partial charge in [0.25, 0.3) is 0 Å². The predicted octanol–water partition coefficient (Wildman–Crippen LogP) is 1.09. The highest BCUT2D eigenvalue weighted by atomic mass is 16.5. The zero-order valence-electron chi connectivity index (χ0n) is 7.59. The van der Waals surface area contributed by atoms with Crippen LogP contribution in [0.5, 0.6) is 0 Å². The van der Waals surface area contributed by atoms with Gasteiger partial charge < -0.3 is 9.68 Å². The van der Waals surface area contributed by atoms with Gasteiger partial charge in [0.2, 0.25) is 0 Å². The fraction of sp³-hybridized carbons (Fsp3) is 0.750. The van der Waals surface area contributed by atoms with E-state index in [0.29, 0.717) is 5.92 Å². The van der Waals surface area contributed by atoms with Gasteiger partial charge >= 0.3 is 7.12 Å². The molecule has 0 fully saturated rings. The fourth-order valence-electron chi connectivity index (χ4n) is 0.458. The maximum absolute atomic E-state index is 8.98. The smallest absolute Gasteiger partial charge is 0.416 e. The Kier molecular flexibility index (Phi) is 3.64. The molecule has 1 N–H and O–H groups in total. The Bertz CT molecular complexity index is 158. The van der Waals surface area contributed by atoms with Crippen molar-refractivity contribution in [2.45, 2.75) is 33.3 Å². The quantitative estimate of drug-likeness (QED) is 0.487. The third-order valence-electron chi connectivity index (χ3n) is 1.95. The van der Waals surface area contributed by atoms with E-state index in [1.807, 2.05) is 27.7 Å². The molecule has 0 spiro atoms. The molecular formula is C8H15BO2. The molecule has 0 atom stereocenters. The van der Waals surface area contributed by atoms with Crippen LogP contribution in [0.15, 0.2) is 0 Å². The maximum atomic E-state index is 8.98. The Morgan fingerprint density at radius 2 is 2.00 bits per heavy atom. The average Bonchev–Trinajstić information content (AvgIpc) is 1.86. The maximum Gasteiger partial charge on any atom is 0.547 e. The first-order valence-electron chi connectivity index (χ1n) is 3.72. The van der Waals surface area contributed by atoms with Crippen LogP contribution in [0.25, 0.3) is 0 Å². The zero-order valence-corrected chi connectivity index (χ0v) is 7.59. The van der Waals surface area contributed by atoms with Crippen LogP contribution in [0.2, 0.25) is 0 Å². The summed E-state index contributed by atoms with van der Waals surface area (Å²) in [5.41, 5.74) is -0.369. The first kappa shape index (κ1) is 10.5. The van der Waals surface area contributed by atoms with Gasteiger partial charge in [-0.25, -0.2) is 0 Å². The van der Waals surface area contributed by atoms with Crippen molar-refractivity contribution in [2.75, 3.05) is 0 Å². The van der Waals surface area contributed by atoms with E-state index in [1.54, 1.807) is 0 Å². The summed E-state index contributed by atoms with van der Waals surface area (Å²) in [7, 11) is -1.09. The molecule has 3 heteroatoms. The Morgan fingerprint density at radius 3 is 2.27 bits per heavy atom. The summed E-state index contributed by atoms with van der Waals surface area (Å²) in [4.78, 5) is 0. The molecule has 0 heterocycles. The van der Waals surface area contributed by atoms with E-state index in [0.717, 1.165) is 0 Å². The molecule has 0 aromatic heterocycles. The lowest BCUT2D eigenvalue weighted by Crippen LogP contribution is -2.37. The lowest BCUT2D eigenvalue weighted by Gasteiger charge is -2.29. The molecule has 0 aliphatic rings. The Morgan fingerprint density at radius 1 is 1.55 bits per heavy atom. The molecule has 62 valence electrons. The summed E-state index contributed by atoms with van der Waals surface area (Å²) >= 11 is 0. The SMILES string of the molecule is C#CB(O)OC(C)(C)C(C)C. The van der Waals surface area contributed by atoms with Gasteiger partial charge in [-0.2, -0.15) is 0 Å². The molecule has 0 amide bonds. The van der Waals surface area contributed by atoms with Crippen LogP contribution in [0.3, 0.4) is 0 Å². The summed E-state index contributed by atoms with van der Waals surface area (Å²) in [5, 5.41) is 8.98. The van der Waals surface area contributed by atoms with Crippen LogP contribution in [-0.4, -0.2) is 17.7 Å². The van der Waals surface area contributed by atoms with E-state index in [4.69, 9.17) is 16.1 Å². The normalized spacial score (nSPS) is 11.4. The van der Waals surface area contributed by atoms with E-state index < -0.39 is 7.12 Å². The largest absolute Gasteiger partial charge is 0.547 e. The van der Waals surface area contributed by atoms with Gasteiger partial charge in [0.15, 0.2) is 0 Å². The summed E-state index contributed by atoms with van der Waals surface area (Å²) < 4.78 is 5.17. The molecule has 0 rings (SSSR count). The Labute approximate surface area is 69.1 Å². The first-order valence-corrected chi connectivity index (χ1v) is 3.72. The van der Waals surface area contributed by atoms with Gasteiger partial charge in [-0.1, -0.05) is 19.7 Å². The summed E-state index contributed by atoms with van der Waals surface area (Å²) in [6.07, 6.45) is 4.95. The van der Waals surface area contributed by atoms with E-state index in [9.17, 15) is 0 Å². The van der Waals surface area contributed by atoms with E-state index in [-0.39, 0.29) is 5.60 Å². The summed E-state index contributed by atoms with van der Waals surface area (Å²) in [6, 6.07) is 0. The van der Waals surface area contributed by atoms with Crippen LogP contribution in [-0.2, 0) is 4.65 Å². The molecule has 0 aliphatic carbocycles. The molecule has 2 nitrogen and oxygen atoms in total. The van der Waals surface area contributed by atoms with Crippen LogP contribution in [0, 0.1) is 18.2 Å². The van der Waals surface area contributed by atoms with E-state index in [1.165, 1.54) is 0 Å². The Balaban J connectivity index is 4.04. The van der Waals surface area contributed by atoms with Gasteiger partial charge in [-0.3, -0.25) is 0 Å². The molecule has 11 heavy (non-hydrogen) atoms. The standard InChI is InChI=1S/C8H15BO2/c1-6-9(10)11-8(4,5)7(2)3/h1,7,10H,2-5H3. The van der Waals surface area contributed by atoms with Gasteiger partial charge in [-0.05, 0) is 19.8 Å². The number of terminal acetylenes is 1. The second-order valence-corrected chi connectivity index (χ2v) is 3.40. The van der Waals surface area contributed by atoms with Gasteiger partial charge in [0, 0.05) is 0 Å². The van der Waals surface area contributed by atoms with Crippen molar-refractivity contribution < 1.29 is 9.68 Å². The summed E-state index contributed by atoms with van der Waals surface area (Å²) in [5.74, 6) is 2.43. The lowest BCUT2D eigenvalue weighted by atomic mass is 9.87. The van der Waals surface area contributed by atoms with Gasteiger partial charge in [0.1, 0.15) is 0 Å². The molecular weight excluding hydrogens is 139 g/mol. The third-order valence-corrected chi connectivity index (χ3v) is 1.95.